The summed E-state index contributed by atoms with van der Waals surface area (Å²) in [5, 5.41) is 0. The zero-order valence-electron chi connectivity index (χ0n) is 11.7. The summed E-state index contributed by atoms with van der Waals surface area (Å²) < 4.78 is 5.52. The molecule has 4 heteroatoms. The number of carbonyl (C=O) groups excluding carboxylic acids is 1. The van der Waals surface area contributed by atoms with Gasteiger partial charge in [0.2, 0.25) is 5.91 Å². The fraction of sp³-hybridized carbons (Fsp3) is 0.929. The summed E-state index contributed by atoms with van der Waals surface area (Å²) in [7, 11) is 0. The highest BCUT2D eigenvalue weighted by molar-refractivity contribution is 6.18. The van der Waals surface area contributed by atoms with E-state index >= 15 is 0 Å². The number of carbonyl (C=O) groups is 1. The third kappa shape index (κ3) is 5.15. The van der Waals surface area contributed by atoms with Crippen molar-refractivity contribution in [3.05, 3.63) is 0 Å². The molecule has 1 aliphatic rings. The Morgan fingerprint density at radius 1 is 1.33 bits per heavy atom. The highest BCUT2D eigenvalue weighted by atomic mass is 35.5. The van der Waals surface area contributed by atoms with Gasteiger partial charge in [0.15, 0.2) is 0 Å². The number of unbranched alkanes of at least 4 members (excludes halogenated alkanes) is 1. The average molecular weight is 276 g/mol. The van der Waals surface area contributed by atoms with Crippen molar-refractivity contribution >= 4 is 17.5 Å². The van der Waals surface area contributed by atoms with E-state index in [9.17, 15) is 4.79 Å². The number of hydrogen-bond donors (Lipinski definition) is 0. The van der Waals surface area contributed by atoms with E-state index in [0.29, 0.717) is 30.9 Å². The summed E-state index contributed by atoms with van der Waals surface area (Å²) in [6, 6.07) is 0. The maximum atomic E-state index is 12.1. The molecule has 0 aromatic rings. The van der Waals surface area contributed by atoms with Gasteiger partial charge in [-0.2, -0.15) is 0 Å². The maximum absolute atomic E-state index is 12.1. The third-order valence-corrected chi connectivity index (χ3v) is 3.72. The van der Waals surface area contributed by atoms with Crippen molar-refractivity contribution in [1.29, 1.82) is 0 Å². The lowest BCUT2D eigenvalue weighted by atomic mass is 9.79. The molecule has 0 spiro atoms. The molecule has 0 saturated heterocycles. The molecular formula is C14H26ClNO2. The molecule has 0 bridgehead atoms. The first-order valence-corrected chi connectivity index (χ1v) is 7.70. The van der Waals surface area contributed by atoms with E-state index in [1.807, 2.05) is 11.8 Å². The van der Waals surface area contributed by atoms with Crippen molar-refractivity contribution in [2.24, 2.45) is 5.92 Å². The zero-order chi connectivity index (χ0) is 13.4. The van der Waals surface area contributed by atoms with Crippen molar-refractivity contribution in [1.82, 2.24) is 4.90 Å². The van der Waals surface area contributed by atoms with E-state index in [0.717, 1.165) is 38.8 Å². The zero-order valence-corrected chi connectivity index (χ0v) is 12.4. The molecular weight excluding hydrogens is 250 g/mol. The minimum Gasteiger partial charge on any atom is -0.378 e. The van der Waals surface area contributed by atoms with Gasteiger partial charge in [0.1, 0.15) is 0 Å². The van der Waals surface area contributed by atoms with Crippen LogP contribution in [0.4, 0.5) is 0 Å². The molecule has 1 saturated carbocycles. The van der Waals surface area contributed by atoms with E-state index in [2.05, 4.69) is 6.92 Å². The molecule has 3 nitrogen and oxygen atoms in total. The van der Waals surface area contributed by atoms with Crippen molar-refractivity contribution in [3.8, 4) is 0 Å². The van der Waals surface area contributed by atoms with Crippen molar-refractivity contribution in [2.75, 3.05) is 25.6 Å². The summed E-state index contributed by atoms with van der Waals surface area (Å²) in [5.74, 6) is 1.32. The number of alkyl halides is 1. The van der Waals surface area contributed by atoms with Gasteiger partial charge in [0, 0.05) is 32.0 Å². The van der Waals surface area contributed by atoms with Crippen LogP contribution in [-0.4, -0.2) is 42.5 Å². The minimum absolute atomic E-state index is 0.268. The SMILES string of the molecule is CCCCN(CCCl)C(=O)CC1CC(OCC)C1. The van der Waals surface area contributed by atoms with Crippen molar-refractivity contribution < 1.29 is 9.53 Å². The number of rotatable bonds is 9. The fourth-order valence-corrected chi connectivity index (χ4v) is 2.61. The topological polar surface area (TPSA) is 29.5 Å². The number of ether oxygens (including phenoxy) is 1. The van der Waals surface area contributed by atoms with Gasteiger partial charge in [0.25, 0.3) is 0 Å². The summed E-state index contributed by atoms with van der Waals surface area (Å²) in [6.45, 7) is 6.47. The smallest absolute Gasteiger partial charge is 0.222 e. The lowest BCUT2D eigenvalue weighted by molar-refractivity contribution is -0.134. The van der Waals surface area contributed by atoms with Crippen LogP contribution >= 0.6 is 11.6 Å². The van der Waals surface area contributed by atoms with Gasteiger partial charge in [0.05, 0.1) is 6.10 Å². The molecule has 0 aliphatic heterocycles. The van der Waals surface area contributed by atoms with Crippen LogP contribution < -0.4 is 0 Å². The lowest BCUT2D eigenvalue weighted by Gasteiger charge is -2.35. The molecule has 18 heavy (non-hydrogen) atoms. The van der Waals surface area contributed by atoms with E-state index in [1.165, 1.54) is 0 Å². The van der Waals surface area contributed by atoms with E-state index in [4.69, 9.17) is 16.3 Å². The van der Waals surface area contributed by atoms with Crippen molar-refractivity contribution in [3.63, 3.8) is 0 Å². The van der Waals surface area contributed by atoms with Gasteiger partial charge >= 0.3 is 0 Å². The van der Waals surface area contributed by atoms with Gasteiger partial charge in [-0.15, -0.1) is 11.6 Å². The average Bonchev–Trinajstić information content (AvgIpc) is 2.31. The van der Waals surface area contributed by atoms with E-state index in [1.54, 1.807) is 0 Å². The Morgan fingerprint density at radius 3 is 2.61 bits per heavy atom. The minimum atomic E-state index is 0.268. The first-order valence-electron chi connectivity index (χ1n) is 7.16. The van der Waals surface area contributed by atoms with Crippen LogP contribution in [0.3, 0.4) is 0 Å². The molecule has 0 heterocycles. The second kappa shape index (κ2) is 8.76. The van der Waals surface area contributed by atoms with E-state index in [-0.39, 0.29) is 5.91 Å². The number of amides is 1. The first-order chi connectivity index (χ1) is 8.71. The van der Waals surface area contributed by atoms with Crippen LogP contribution in [0.1, 0.15) is 46.0 Å². The molecule has 1 aliphatic carbocycles. The predicted octanol–water partition coefficient (Wildman–Crippen LogP) is 3.06. The molecule has 0 radical (unpaired) electrons. The molecule has 1 rings (SSSR count). The highest BCUT2D eigenvalue weighted by Crippen LogP contribution is 2.33. The molecule has 0 aromatic carbocycles. The normalized spacial score (nSPS) is 22.6. The molecule has 0 atom stereocenters. The number of nitrogens with zero attached hydrogens (tertiary/aromatic N) is 1. The summed E-state index contributed by atoms with van der Waals surface area (Å²) in [4.78, 5) is 14.1. The number of hydrogen-bond acceptors (Lipinski definition) is 2. The standard InChI is InChI=1S/C14H26ClNO2/c1-3-5-7-16(8-6-15)14(17)11-12-9-13(10-12)18-4-2/h12-13H,3-11H2,1-2H3. The van der Waals surface area contributed by atoms with Gasteiger partial charge in [-0.3, -0.25) is 4.79 Å². The Balaban J connectivity index is 2.24. The first kappa shape index (κ1) is 15.8. The molecule has 0 N–H and O–H groups in total. The Bertz CT molecular complexity index is 242. The molecule has 0 aromatic heterocycles. The van der Waals surface area contributed by atoms with Crippen LogP contribution in [-0.2, 0) is 9.53 Å². The maximum Gasteiger partial charge on any atom is 0.222 e. The monoisotopic (exact) mass is 275 g/mol. The van der Waals surface area contributed by atoms with Crippen molar-refractivity contribution in [2.45, 2.75) is 52.1 Å². The van der Waals surface area contributed by atoms with Gasteiger partial charge in [-0.05, 0) is 32.1 Å². The molecule has 1 amide bonds. The van der Waals surface area contributed by atoms with Crippen LogP contribution in [0.25, 0.3) is 0 Å². The molecule has 0 unspecified atom stereocenters. The van der Waals surface area contributed by atoms with Gasteiger partial charge in [-0.1, -0.05) is 13.3 Å². The second-order valence-electron chi connectivity index (χ2n) is 5.04. The largest absolute Gasteiger partial charge is 0.378 e. The van der Waals surface area contributed by atoms with Gasteiger partial charge in [-0.25, -0.2) is 0 Å². The van der Waals surface area contributed by atoms with E-state index < -0.39 is 0 Å². The summed E-state index contributed by atoms with van der Waals surface area (Å²) >= 11 is 5.75. The summed E-state index contributed by atoms with van der Waals surface area (Å²) in [6.07, 6.45) is 5.33. The van der Waals surface area contributed by atoms with Gasteiger partial charge < -0.3 is 9.64 Å². The Morgan fingerprint density at radius 2 is 2.06 bits per heavy atom. The Hall–Kier alpha value is -0.280. The summed E-state index contributed by atoms with van der Waals surface area (Å²) in [5.41, 5.74) is 0. The van der Waals surface area contributed by atoms with Crippen LogP contribution in [0.15, 0.2) is 0 Å². The second-order valence-corrected chi connectivity index (χ2v) is 5.42. The lowest BCUT2D eigenvalue weighted by Crippen LogP contribution is -2.39. The third-order valence-electron chi connectivity index (χ3n) is 3.55. The highest BCUT2D eigenvalue weighted by Gasteiger charge is 2.32. The Kier molecular flexibility index (Phi) is 7.68. The Labute approximate surface area is 116 Å². The molecule has 1 fully saturated rings. The number of halogens is 1. The fourth-order valence-electron chi connectivity index (χ4n) is 2.40. The van der Waals surface area contributed by atoms with Crippen LogP contribution in [0.2, 0.25) is 0 Å². The molecule has 106 valence electrons. The predicted molar refractivity (Wildman–Crippen MR) is 75.0 cm³/mol. The van der Waals surface area contributed by atoms with Crippen LogP contribution in [0.5, 0.6) is 0 Å². The van der Waals surface area contributed by atoms with Crippen LogP contribution in [0, 0.1) is 5.92 Å². The quantitative estimate of drug-likeness (QED) is 0.605.